The van der Waals surface area contributed by atoms with Gasteiger partial charge in [0.1, 0.15) is 29.2 Å². The molecule has 0 spiro atoms. The highest BCUT2D eigenvalue weighted by Gasteiger charge is 2.29. The first-order chi connectivity index (χ1) is 22.5. The first-order valence-corrected chi connectivity index (χ1v) is 15.8. The van der Waals surface area contributed by atoms with Crippen LogP contribution < -0.4 is 15.0 Å². The zero-order valence-corrected chi connectivity index (χ0v) is 27.9. The topological polar surface area (TPSA) is 114 Å². The number of aryl methyl sites for hydroxylation is 2. The summed E-state index contributed by atoms with van der Waals surface area (Å²) in [4.78, 5) is 44.3. The number of benzene rings is 2. The minimum atomic E-state index is -0.569. The molecule has 1 aliphatic heterocycles. The number of amides is 2. The van der Waals surface area contributed by atoms with Crippen LogP contribution in [0.5, 0.6) is 11.5 Å². The van der Waals surface area contributed by atoms with E-state index in [-0.39, 0.29) is 12.0 Å². The number of carbonyl (C=O) groups excluding carboxylic acids is 3. The molecular formula is C37H42N4O6. The van der Waals surface area contributed by atoms with Gasteiger partial charge < -0.3 is 28.9 Å². The number of carbonyl (C=O) groups is 3. The Morgan fingerprint density at radius 3 is 2.72 bits per heavy atom. The first kappa shape index (κ1) is 33.2. The fourth-order valence-corrected chi connectivity index (χ4v) is 5.64. The number of furan rings is 1. The van der Waals surface area contributed by atoms with Crippen molar-refractivity contribution in [1.82, 2.24) is 9.88 Å². The number of unbranched alkanes of at least 4 members (excludes halogenated alkanes) is 1. The second-order valence-corrected chi connectivity index (χ2v) is 12.7. The lowest BCUT2D eigenvalue weighted by Crippen LogP contribution is -2.35. The number of rotatable bonds is 11. The van der Waals surface area contributed by atoms with E-state index in [9.17, 15) is 14.4 Å². The molecule has 5 rings (SSSR count). The Kier molecular flexibility index (Phi) is 9.98. The van der Waals surface area contributed by atoms with E-state index < -0.39 is 5.60 Å². The van der Waals surface area contributed by atoms with Crippen molar-refractivity contribution in [3.63, 3.8) is 0 Å². The van der Waals surface area contributed by atoms with Gasteiger partial charge in [-0.3, -0.25) is 9.69 Å². The van der Waals surface area contributed by atoms with Gasteiger partial charge in [0.25, 0.3) is 0 Å². The summed E-state index contributed by atoms with van der Waals surface area (Å²) in [6.45, 7) is 8.35. The van der Waals surface area contributed by atoms with Crippen molar-refractivity contribution in [3.05, 3.63) is 82.8 Å². The highest BCUT2D eigenvalue weighted by atomic mass is 16.6. The Hall–Kier alpha value is -5.12. The van der Waals surface area contributed by atoms with Crippen LogP contribution in [0.4, 0.5) is 16.3 Å². The minimum Gasteiger partial charge on any atom is -0.457 e. The maximum absolute atomic E-state index is 13.1. The lowest BCUT2D eigenvalue weighted by Gasteiger charge is -2.24. The number of nitrogens with zero attached hydrogens (tertiary/aromatic N) is 3. The zero-order valence-electron chi connectivity index (χ0n) is 27.9. The van der Waals surface area contributed by atoms with Crippen LogP contribution in [0.25, 0.3) is 17.0 Å². The van der Waals surface area contributed by atoms with E-state index in [1.165, 1.54) is 6.08 Å². The Bertz CT molecular complexity index is 1820. The molecule has 0 radical (unpaired) electrons. The highest BCUT2D eigenvalue weighted by molar-refractivity contribution is 5.93. The number of nitrogens with one attached hydrogen (secondary N) is 1. The van der Waals surface area contributed by atoms with Gasteiger partial charge in [-0.15, -0.1) is 0 Å². The molecule has 0 atom stereocenters. The standard InChI is InChI=1S/C37H42N4O6/c1-24-30(23-40(6)33(43)16-13-25-20-27(10-7-8-19-42)35(38-5)39-22-25)29-11-9-12-32(34(29)45-24)46-28-14-15-31-26(21-28)17-18-41(31)36(44)47-37(2,3)4/h9,11-16,19-22H,7-8,10,17-18,23H2,1-6H3,(H,38,39)/b16-13+. The highest BCUT2D eigenvalue weighted by Crippen LogP contribution is 2.38. The molecule has 3 heterocycles. The summed E-state index contributed by atoms with van der Waals surface area (Å²) in [5, 5.41) is 3.95. The van der Waals surface area contributed by atoms with Crippen LogP contribution in [0.15, 0.2) is 59.2 Å². The number of likely N-dealkylation sites (N-methyl/N-ethyl adjacent to an activating group) is 1. The maximum atomic E-state index is 13.1. The predicted octanol–water partition coefficient (Wildman–Crippen LogP) is 7.46. The third-order valence-corrected chi connectivity index (χ3v) is 7.95. The van der Waals surface area contributed by atoms with Crippen molar-refractivity contribution < 1.29 is 28.3 Å². The van der Waals surface area contributed by atoms with Crippen molar-refractivity contribution in [2.75, 3.05) is 30.9 Å². The van der Waals surface area contributed by atoms with Gasteiger partial charge >= 0.3 is 6.09 Å². The van der Waals surface area contributed by atoms with Crippen LogP contribution >= 0.6 is 0 Å². The number of aromatic nitrogens is 1. The maximum Gasteiger partial charge on any atom is 0.414 e. The molecule has 2 aromatic carbocycles. The smallest absolute Gasteiger partial charge is 0.414 e. The van der Waals surface area contributed by atoms with E-state index in [4.69, 9.17) is 13.9 Å². The minimum absolute atomic E-state index is 0.162. The molecule has 0 unspecified atom stereocenters. The van der Waals surface area contributed by atoms with Crippen molar-refractivity contribution in [2.45, 2.75) is 65.5 Å². The average Bonchev–Trinajstić information content (AvgIpc) is 3.60. The summed E-state index contributed by atoms with van der Waals surface area (Å²) in [7, 11) is 3.56. The predicted molar refractivity (Wildman–Crippen MR) is 183 cm³/mol. The number of anilines is 2. The molecule has 2 aromatic heterocycles. The average molecular weight is 639 g/mol. The SMILES string of the molecule is CNc1ncc(/C=C/C(=O)N(C)Cc2c(C)oc3c(Oc4ccc5c(c4)CCN5C(=O)OC(C)(C)C)cccc23)cc1CCCC=O. The van der Waals surface area contributed by atoms with Crippen molar-refractivity contribution >= 4 is 46.8 Å². The van der Waals surface area contributed by atoms with Gasteiger partial charge in [-0.2, -0.15) is 0 Å². The summed E-state index contributed by atoms with van der Waals surface area (Å²) in [5.41, 5.74) is 4.57. The van der Waals surface area contributed by atoms with Gasteiger partial charge in [-0.1, -0.05) is 12.1 Å². The molecule has 0 bridgehead atoms. The molecule has 0 fully saturated rings. The molecule has 0 aliphatic carbocycles. The summed E-state index contributed by atoms with van der Waals surface area (Å²) in [6, 6.07) is 13.4. The molecule has 0 saturated heterocycles. The van der Waals surface area contributed by atoms with Crippen LogP contribution in [0.3, 0.4) is 0 Å². The number of pyridine rings is 1. The van der Waals surface area contributed by atoms with E-state index in [1.54, 1.807) is 29.1 Å². The molecule has 4 aromatic rings. The Balaban J connectivity index is 1.28. The molecule has 47 heavy (non-hydrogen) atoms. The lowest BCUT2D eigenvalue weighted by atomic mass is 10.1. The van der Waals surface area contributed by atoms with E-state index >= 15 is 0 Å². The monoisotopic (exact) mass is 638 g/mol. The first-order valence-electron chi connectivity index (χ1n) is 15.8. The third-order valence-electron chi connectivity index (χ3n) is 7.95. The van der Waals surface area contributed by atoms with Crippen molar-refractivity contribution in [3.8, 4) is 11.5 Å². The van der Waals surface area contributed by atoms with Gasteiger partial charge in [0.05, 0.1) is 5.69 Å². The second kappa shape index (κ2) is 14.1. The normalized spacial score (nSPS) is 12.8. The number of aldehydes is 1. The van der Waals surface area contributed by atoms with E-state index in [0.717, 1.165) is 58.3 Å². The summed E-state index contributed by atoms with van der Waals surface area (Å²) >= 11 is 0. The number of hydrogen-bond donors (Lipinski definition) is 1. The zero-order chi connectivity index (χ0) is 33.7. The summed E-state index contributed by atoms with van der Waals surface area (Å²) < 4.78 is 18.1. The molecule has 10 heteroatoms. The molecule has 246 valence electrons. The van der Waals surface area contributed by atoms with Gasteiger partial charge in [-0.05, 0) is 100 Å². The van der Waals surface area contributed by atoms with Crippen LogP contribution in [0, 0.1) is 6.92 Å². The van der Waals surface area contributed by atoms with Crippen LogP contribution in [-0.2, 0) is 33.7 Å². The third kappa shape index (κ3) is 7.82. The Morgan fingerprint density at radius 2 is 1.98 bits per heavy atom. The molecule has 0 saturated carbocycles. The number of fused-ring (bicyclic) bond motifs is 2. The van der Waals surface area contributed by atoms with Crippen LogP contribution in [-0.4, -0.2) is 54.4 Å². The number of para-hydroxylation sites is 1. The van der Waals surface area contributed by atoms with Gasteiger partial charge in [0.15, 0.2) is 11.3 Å². The second-order valence-electron chi connectivity index (χ2n) is 12.7. The van der Waals surface area contributed by atoms with Gasteiger partial charge in [0, 0.05) is 56.8 Å². The Morgan fingerprint density at radius 1 is 1.17 bits per heavy atom. The van der Waals surface area contributed by atoms with Crippen molar-refractivity contribution in [2.24, 2.45) is 0 Å². The van der Waals surface area contributed by atoms with E-state index in [0.29, 0.717) is 48.8 Å². The van der Waals surface area contributed by atoms with Crippen LogP contribution in [0.2, 0.25) is 0 Å². The largest absolute Gasteiger partial charge is 0.457 e. The summed E-state index contributed by atoms with van der Waals surface area (Å²) in [6.07, 6.45) is 8.22. The quantitative estimate of drug-likeness (QED) is 0.102. The molecule has 1 aliphatic rings. The molecule has 2 amide bonds. The Labute approximate surface area is 275 Å². The van der Waals surface area contributed by atoms with Gasteiger partial charge in [-0.25, -0.2) is 9.78 Å². The number of ether oxygens (including phenoxy) is 2. The fourth-order valence-electron chi connectivity index (χ4n) is 5.64. The summed E-state index contributed by atoms with van der Waals surface area (Å²) in [5.74, 6) is 2.51. The van der Waals surface area contributed by atoms with E-state index in [2.05, 4.69) is 10.3 Å². The van der Waals surface area contributed by atoms with Crippen LogP contribution in [0.1, 0.15) is 61.6 Å². The van der Waals surface area contributed by atoms with Crippen molar-refractivity contribution in [1.29, 1.82) is 0 Å². The van der Waals surface area contributed by atoms with E-state index in [1.807, 2.05) is 77.2 Å². The molecule has 10 nitrogen and oxygen atoms in total. The molecule has 1 N–H and O–H groups in total. The molecular weight excluding hydrogens is 596 g/mol. The number of hydrogen-bond acceptors (Lipinski definition) is 8. The fraction of sp³-hybridized carbons (Fsp3) is 0.351. The van der Waals surface area contributed by atoms with Gasteiger partial charge in [0.2, 0.25) is 5.91 Å². The lowest BCUT2D eigenvalue weighted by molar-refractivity contribution is -0.125.